The van der Waals surface area contributed by atoms with Gasteiger partial charge in [0.25, 0.3) is 0 Å². The van der Waals surface area contributed by atoms with Crippen LogP contribution in [-0.4, -0.2) is 41.2 Å². The van der Waals surface area contributed by atoms with Crippen molar-refractivity contribution in [3.8, 4) is 0 Å². The smallest absolute Gasteiger partial charge is 0.125 e. The summed E-state index contributed by atoms with van der Waals surface area (Å²) in [5, 5.41) is 12.4. The number of hydrogen-bond acceptors (Lipinski definition) is 4. The van der Waals surface area contributed by atoms with Crippen molar-refractivity contribution in [3.63, 3.8) is 0 Å². The Kier molecular flexibility index (Phi) is 3.18. The van der Waals surface area contributed by atoms with Gasteiger partial charge in [0, 0.05) is 32.9 Å². The number of pyridine rings is 1. The molecule has 82 valence electrons. The average Bonchev–Trinajstić information content (AvgIpc) is 2.65. The summed E-state index contributed by atoms with van der Waals surface area (Å²) in [4.78, 5) is 6.51. The van der Waals surface area contributed by atoms with Crippen LogP contribution < -0.4 is 5.32 Å². The molecule has 2 heterocycles. The van der Waals surface area contributed by atoms with Crippen LogP contribution in [0.15, 0.2) is 18.3 Å². The van der Waals surface area contributed by atoms with Crippen LogP contribution >= 0.6 is 0 Å². The number of aliphatic hydroxyl groups is 1. The first-order valence-corrected chi connectivity index (χ1v) is 5.31. The van der Waals surface area contributed by atoms with Crippen LogP contribution in [0.25, 0.3) is 0 Å². The van der Waals surface area contributed by atoms with Gasteiger partial charge < -0.3 is 10.4 Å². The Morgan fingerprint density at radius 1 is 1.60 bits per heavy atom. The fraction of sp³-hybridized carbons (Fsp3) is 0.545. The summed E-state index contributed by atoms with van der Waals surface area (Å²) in [5.74, 6) is 0.889. The van der Waals surface area contributed by atoms with Crippen LogP contribution in [0.4, 0.5) is 5.82 Å². The topological polar surface area (TPSA) is 48.4 Å². The lowest BCUT2D eigenvalue weighted by atomic mass is 10.2. The van der Waals surface area contributed by atoms with Crippen LogP contribution in [0.3, 0.4) is 0 Å². The average molecular weight is 207 g/mol. The van der Waals surface area contributed by atoms with Crippen LogP contribution in [0, 0.1) is 0 Å². The van der Waals surface area contributed by atoms with Gasteiger partial charge in [-0.3, -0.25) is 4.90 Å². The minimum absolute atomic E-state index is 0.144. The number of aromatic nitrogens is 1. The molecule has 1 aromatic heterocycles. The fourth-order valence-electron chi connectivity index (χ4n) is 1.88. The second-order valence-electron chi connectivity index (χ2n) is 3.98. The third kappa shape index (κ3) is 2.67. The highest BCUT2D eigenvalue weighted by atomic mass is 16.3. The number of aliphatic hydroxyl groups excluding tert-OH is 1. The SMILES string of the molecule is CNc1ccc(CN2CC[C@@H](O)C2)cn1. The van der Waals surface area contributed by atoms with E-state index in [-0.39, 0.29) is 6.10 Å². The first-order valence-electron chi connectivity index (χ1n) is 5.31. The molecule has 1 saturated heterocycles. The van der Waals surface area contributed by atoms with E-state index in [1.54, 1.807) is 0 Å². The maximum Gasteiger partial charge on any atom is 0.125 e. The molecular weight excluding hydrogens is 190 g/mol. The molecule has 0 radical (unpaired) electrons. The van der Waals surface area contributed by atoms with Crippen molar-refractivity contribution < 1.29 is 5.11 Å². The number of nitrogens with one attached hydrogen (secondary N) is 1. The molecule has 1 aliphatic heterocycles. The number of hydrogen-bond donors (Lipinski definition) is 2. The Morgan fingerprint density at radius 2 is 2.47 bits per heavy atom. The molecule has 4 heteroatoms. The highest BCUT2D eigenvalue weighted by Crippen LogP contribution is 2.13. The minimum Gasteiger partial charge on any atom is -0.392 e. The molecule has 4 nitrogen and oxygen atoms in total. The number of rotatable bonds is 3. The Hall–Kier alpha value is -1.13. The third-order valence-corrected chi connectivity index (χ3v) is 2.73. The molecule has 2 N–H and O–H groups in total. The van der Waals surface area contributed by atoms with Gasteiger partial charge in [0.2, 0.25) is 0 Å². The monoisotopic (exact) mass is 207 g/mol. The van der Waals surface area contributed by atoms with Gasteiger partial charge in [0.05, 0.1) is 6.10 Å². The zero-order valence-corrected chi connectivity index (χ0v) is 8.98. The maximum atomic E-state index is 9.39. The quantitative estimate of drug-likeness (QED) is 0.765. The van der Waals surface area contributed by atoms with Gasteiger partial charge in [-0.2, -0.15) is 0 Å². The van der Waals surface area contributed by atoms with Gasteiger partial charge in [-0.05, 0) is 18.1 Å². The number of likely N-dealkylation sites (tertiary alicyclic amines) is 1. The predicted molar refractivity (Wildman–Crippen MR) is 59.7 cm³/mol. The van der Waals surface area contributed by atoms with Crippen LogP contribution in [0.5, 0.6) is 0 Å². The van der Waals surface area contributed by atoms with Gasteiger partial charge in [0.15, 0.2) is 0 Å². The van der Waals surface area contributed by atoms with Gasteiger partial charge in [0.1, 0.15) is 5.82 Å². The standard InChI is InChI=1S/C11H17N3O/c1-12-11-3-2-9(6-13-11)7-14-5-4-10(15)8-14/h2-3,6,10,15H,4-5,7-8H2,1H3,(H,12,13)/t10-/m1/s1. The van der Waals surface area contributed by atoms with E-state index in [4.69, 9.17) is 0 Å². The Balaban J connectivity index is 1.93. The zero-order chi connectivity index (χ0) is 10.7. The molecule has 0 unspecified atom stereocenters. The van der Waals surface area contributed by atoms with Crippen molar-refractivity contribution in [2.75, 3.05) is 25.5 Å². The van der Waals surface area contributed by atoms with Gasteiger partial charge in [-0.25, -0.2) is 4.98 Å². The highest BCUT2D eigenvalue weighted by molar-refractivity contribution is 5.34. The molecule has 15 heavy (non-hydrogen) atoms. The van der Waals surface area contributed by atoms with Gasteiger partial charge >= 0.3 is 0 Å². The van der Waals surface area contributed by atoms with Gasteiger partial charge in [-0.1, -0.05) is 6.07 Å². The summed E-state index contributed by atoms with van der Waals surface area (Å²) in [7, 11) is 1.86. The summed E-state index contributed by atoms with van der Waals surface area (Å²) in [6, 6.07) is 4.05. The summed E-state index contributed by atoms with van der Waals surface area (Å²) in [5.41, 5.74) is 1.20. The van der Waals surface area contributed by atoms with Crippen molar-refractivity contribution in [2.45, 2.75) is 19.1 Å². The summed E-state index contributed by atoms with van der Waals surface area (Å²) in [6.07, 6.45) is 2.63. The number of β-amino-alcohol motifs (C(OH)–C–C–N with tert-alkyl or cyclic N) is 1. The Bertz CT molecular complexity index is 312. The molecule has 0 bridgehead atoms. The molecule has 1 aliphatic rings. The van der Waals surface area contributed by atoms with Crippen molar-refractivity contribution >= 4 is 5.82 Å². The second-order valence-corrected chi connectivity index (χ2v) is 3.98. The normalized spacial score (nSPS) is 21.9. The van der Waals surface area contributed by atoms with Crippen molar-refractivity contribution in [1.82, 2.24) is 9.88 Å². The number of nitrogens with zero attached hydrogens (tertiary/aromatic N) is 2. The summed E-state index contributed by atoms with van der Waals surface area (Å²) >= 11 is 0. The van der Waals surface area contributed by atoms with Crippen LogP contribution in [0.2, 0.25) is 0 Å². The lowest BCUT2D eigenvalue weighted by molar-refractivity contribution is 0.175. The molecule has 0 aromatic carbocycles. The molecule has 1 fully saturated rings. The third-order valence-electron chi connectivity index (χ3n) is 2.73. The maximum absolute atomic E-state index is 9.39. The molecular formula is C11H17N3O. The molecule has 0 amide bonds. The minimum atomic E-state index is -0.144. The molecule has 2 rings (SSSR count). The first kappa shape index (κ1) is 10.4. The first-order chi connectivity index (χ1) is 7.28. The lowest BCUT2D eigenvalue weighted by Gasteiger charge is -2.14. The zero-order valence-electron chi connectivity index (χ0n) is 8.98. The lowest BCUT2D eigenvalue weighted by Crippen LogP contribution is -2.21. The van der Waals surface area contributed by atoms with E-state index in [2.05, 4.69) is 21.3 Å². The van der Waals surface area contributed by atoms with E-state index in [1.807, 2.05) is 19.3 Å². The van der Waals surface area contributed by atoms with Crippen molar-refractivity contribution in [2.24, 2.45) is 0 Å². The van der Waals surface area contributed by atoms with E-state index in [1.165, 1.54) is 5.56 Å². The van der Waals surface area contributed by atoms with Gasteiger partial charge in [-0.15, -0.1) is 0 Å². The Morgan fingerprint density at radius 3 is 3.00 bits per heavy atom. The molecule has 0 aliphatic carbocycles. The van der Waals surface area contributed by atoms with Crippen LogP contribution in [-0.2, 0) is 6.54 Å². The number of anilines is 1. The van der Waals surface area contributed by atoms with E-state index < -0.39 is 0 Å². The molecule has 1 atom stereocenters. The molecule has 0 spiro atoms. The fourth-order valence-corrected chi connectivity index (χ4v) is 1.88. The predicted octanol–water partition coefficient (Wildman–Crippen LogP) is 0.690. The Labute approximate surface area is 89.9 Å². The van der Waals surface area contributed by atoms with E-state index in [0.29, 0.717) is 0 Å². The van der Waals surface area contributed by atoms with E-state index in [9.17, 15) is 5.11 Å². The molecule has 1 aromatic rings. The molecule has 0 saturated carbocycles. The second kappa shape index (κ2) is 4.59. The summed E-state index contributed by atoms with van der Waals surface area (Å²) < 4.78 is 0. The van der Waals surface area contributed by atoms with Crippen molar-refractivity contribution in [3.05, 3.63) is 23.9 Å². The largest absolute Gasteiger partial charge is 0.392 e. The van der Waals surface area contributed by atoms with Crippen LogP contribution in [0.1, 0.15) is 12.0 Å². The summed E-state index contributed by atoms with van der Waals surface area (Å²) in [6.45, 7) is 2.65. The van der Waals surface area contributed by atoms with E-state index >= 15 is 0 Å². The van der Waals surface area contributed by atoms with Crippen molar-refractivity contribution in [1.29, 1.82) is 0 Å². The van der Waals surface area contributed by atoms with E-state index in [0.717, 1.165) is 31.9 Å². The highest BCUT2D eigenvalue weighted by Gasteiger charge is 2.19.